The van der Waals surface area contributed by atoms with Crippen LogP contribution in [0.3, 0.4) is 0 Å². The van der Waals surface area contributed by atoms with Crippen molar-refractivity contribution in [2.75, 3.05) is 36.4 Å². The van der Waals surface area contributed by atoms with Crippen LogP contribution in [0.5, 0.6) is 11.5 Å². The molecule has 3 fully saturated rings. The quantitative estimate of drug-likeness (QED) is 0.212. The van der Waals surface area contributed by atoms with E-state index in [9.17, 15) is 9.18 Å². The Labute approximate surface area is 300 Å². The third-order valence-electron chi connectivity index (χ3n) is 11.5. The van der Waals surface area contributed by atoms with Crippen molar-refractivity contribution < 1.29 is 23.0 Å². The van der Waals surface area contributed by atoms with E-state index < -0.39 is 0 Å². The molecule has 6 nitrogen and oxygen atoms in total. The highest BCUT2D eigenvalue weighted by Gasteiger charge is 2.38. The number of ketones is 1. The fourth-order valence-electron chi connectivity index (χ4n) is 8.12. The lowest BCUT2D eigenvalue weighted by Crippen LogP contribution is -2.48. The number of piperidine rings is 1. The molecule has 3 aromatic rings. The van der Waals surface area contributed by atoms with E-state index in [0.29, 0.717) is 22.5 Å². The van der Waals surface area contributed by atoms with Crippen molar-refractivity contribution in [2.45, 2.75) is 96.4 Å². The normalized spacial score (nSPS) is 22.5. The van der Waals surface area contributed by atoms with Crippen molar-refractivity contribution >= 4 is 28.8 Å². The summed E-state index contributed by atoms with van der Waals surface area (Å²) in [5.41, 5.74) is 2.98. The first kappa shape index (κ1) is 35.1. The molecular formula is C41H50ClF2N3O3. The van der Waals surface area contributed by atoms with Crippen LogP contribution < -0.4 is 19.7 Å². The highest BCUT2D eigenvalue weighted by molar-refractivity contribution is 6.30. The number of rotatable bonds is 10. The number of fused-ring (bicyclic) bond motifs is 2. The molecule has 5 aliphatic rings. The molecule has 50 heavy (non-hydrogen) atoms. The van der Waals surface area contributed by atoms with Crippen LogP contribution >= 0.6 is 11.6 Å². The van der Waals surface area contributed by atoms with E-state index in [1.807, 2.05) is 19.1 Å². The first-order valence-corrected chi connectivity index (χ1v) is 19.1. The van der Waals surface area contributed by atoms with E-state index in [2.05, 4.69) is 34.2 Å². The van der Waals surface area contributed by atoms with E-state index in [0.717, 1.165) is 81.4 Å². The number of hydrogen-bond donors (Lipinski definition) is 1. The third-order valence-corrected chi connectivity index (χ3v) is 11.7. The number of nitrogens with zero attached hydrogens (tertiary/aromatic N) is 2. The van der Waals surface area contributed by atoms with Gasteiger partial charge in [0.25, 0.3) is 0 Å². The van der Waals surface area contributed by atoms with E-state index in [4.69, 9.17) is 21.1 Å². The number of ether oxygens (including phenoxy) is 2. The number of nitrogens with one attached hydrogen (secondary N) is 1. The monoisotopic (exact) mass is 705 g/mol. The Kier molecular flexibility index (Phi) is 10.9. The maximum atomic E-state index is 16.2. The van der Waals surface area contributed by atoms with Gasteiger partial charge >= 0.3 is 0 Å². The number of hydrogen-bond acceptors (Lipinski definition) is 6. The standard InChI is InChI=1S/C35H46FN3O3.C6H4ClF/c1-22(12-13-24-6-3-7-24)20-39-31(37-29-15-14-28(32(36)33(29)39)34(40)26-8-4-9-26)21-38-18-16-25(17-19-38)27-10-5-11-30-35(27)42-23(2)41-30;7-5-2-1-3-6(8)4-5/h5,10-11,14-15,22-26,31,37H,3-4,6-9,12-13,16-21H2,1-2H3;1-4H. The molecule has 3 aliphatic heterocycles. The number of anilines is 2. The van der Waals surface area contributed by atoms with Gasteiger partial charge in [-0.25, -0.2) is 8.78 Å². The third kappa shape index (κ3) is 7.76. The lowest BCUT2D eigenvalue weighted by molar-refractivity contribution is 0.0668. The van der Waals surface area contributed by atoms with E-state index in [1.54, 1.807) is 18.2 Å². The summed E-state index contributed by atoms with van der Waals surface area (Å²) >= 11 is 5.40. The zero-order valence-corrected chi connectivity index (χ0v) is 30.1. The minimum absolute atomic E-state index is 0.00938. The fourth-order valence-corrected chi connectivity index (χ4v) is 8.30. The van der Waals surface area contributed by atoms with Crippen LogP contribution in [0.25, 0.3) is 0 Å². The number of benzene rings is 3. The van der Waals surface area contributed by atoms with E-state index >= 15 is 4.39 Å². The van der Waals surface area contributed by atoms with Gasteiger partial charge in [0.1, 0.15) is 12.0 Å². The highest BCUT2D eigenvalue weighted by atomic mass is 35.5. The first-order valence-electron chi connectivity index (χ1n) is 18.7. The Balaban J connectivity index is 0.000000433. The van der Waals surface area contributed by atoms with Gasteiger partial charge in [-0.2, -0.15) is 0 Å². The molecule has 9 heteroatoms. The number of carbonyl (C=O) groups is 1. The Hall–Kier alpha value is -3.36. The Bertz CT molecular complexity index is 1640. The number of halogens is 3. The molecule has 1 saturated heterocycles. The van der Waals surface area contributed by atoms with Crippen LogP contribution in [-0.2, 0) is 0 Å². The summed E-state index contributed by atoms with van der Waals surface area (Å²) in [5.74, 6) is 2.92. The van der Waals surface area contributed by atoms with Crippen molar-refractivity contribution in [3.05, 3.63) is 82.4 Å². The molecule has 0 bridgehead atoms. The van der Waals surface area contributed by atoms with Gasteiger partial charge in [0, 0.05) is 36.5 Å². The Morgan fingerprint density at radius 1 is 0.980 bits per heavy atom. The predicted octanol–water partition coefficient (Wildman–Crippen LogP) is 10.1. The van der Waals surface area contributed by atoms with Crippen LogP contribution in [0.4, 0.5) is 20.2 Å². The van der Waals surface area contributed by atoms with Gasteiger partial charge in [0.2, 0.25) is 6.29 Å². The lowest BCUT2D eigenvalue weighted by atomic mass is 9.79. The molecule has 0 amide bonds. The number of carbonyl (C=O) groups excluding carboxylic acids is 1. The number of Topliss-reactive ketones (excluding diaryl/α,β-unsaturated/α-hetero) is 1. The molecule has 3 aromatic carbocycles. The molecule has 0 spiro atoms. The molecule has 0 radical (unpaired) electrons. The number of likely N-dealkylation sites (tertiary alicyclic amines) is 1. The maximum absolute atomic E-state index is 16.2. The summed E-state index contributed by atoms with van der Waals surface area (Å²) in [4.78, 5) is 17.9. The summed E-state index contributed by atoms with van der Waals surface area (Å²) in [7, 11) is 0. The van der Waals surface area contributed by atoms with Gasteiger partial charge in [0.15, 0.2) is 23.1 Å². The maximum Gasteiger partial charge on any atom is 0.238 e. The first-order chi connectivity index (χ1) is 24.2. The van der Waals surface area contributed by atoms with Crippen LogP contribution in [0, 0.1) is 29.4 Å². The van der Waals surface area contributed by atoms with Gasteiger partial charge in [-0.3, -0.25) is 9.69 Å². The lowest BCUT2D eigenvalue weighted by Gasteiger charge is -2.37. The van der Waals surface area contributed by atoms with Crippen LogP contribution in [0.15, 0.2) is 54.6 Å². The summed E-state index contributed by atoms with van der Waals surface area (Å²) in [6.45, 7) is 7.85. The summed E-state index contributed by atoms with van der Waals surface area (Å²) in [6.07, 6.45) is 11.3. The van der Waals surface area contributed by atoms with Gasteiger partial charge < -0.3 is 19.7 Å². The van der Waals surface area contributed by atoms with Crippen LogP contribution in [0.2, 0.25) is 5.02 Å². The van der Waals surface area contributed by atoms with Gasteiger partial charge in [-0.15, -0.1) is 0 Å². The Morgan fingerprint density at radius 2 is 1.74 bits per heavy atom. The van der Waals surface area contributed by atoms with Crippen molar-refractivity contribution in [3.63, 3.8) is 0 Å². The molecule has 3 atom stereocenters. The topological polar surface area (TPSA) is 54.0 Å². The smallest absolute Gasteiger partial charge is 0.238 e. The molecule has 8 rings (SSSR count). The fraction of sp³-hybridized carbons (Fsp3) is 0.537. The van der Waals surface area contributed by atoms with E-state index in [1.165, 1.54) is 49.8 Å². The molecular weight excluding hydrogens is 656 g/mol. The molecule has 2 aliphatic carbocycles. The zero-order chi connectivity index (χ0) is 34.8. The molecule has 1 N–H and O–H groups in total. The SMILES string of the molecule is CC(CCC1CCC1)CN1c2c(ccc(C(=O)C3CCC3)c2F)NC1CN1CCC(c2cccc3c2OC(C)O3)CC1.Fc1cccc(Cl)c1. The highest BCUT2D eigenvalue weighted by Crippen LogP contribution is 2.45. The van der Waals surface area contributed by atoms with Gasteiger partial charge in [-0.1, -0.05) is 68.8 Å². The summed E-state index contributed by atoms with van der Waals surface area (Å²) in [6, 6.07) is 15.7. The molecule has 3 heterocycles. The van der Waals surface area contributed by atoms with Crippen molar-refractivity contribution in [2.24, 2.45) is 17.8 Å². The second kappa shape index (κ2) is 15.5. The average molecular weight is 706 g/mol. The molecule has 268 valence electrons. The summed E-state index contributed by atoms with van der Waals surface area (Å²) in [5, 5.41) is 4.10. The zero-order valence-electron chi connectivity index (χ0n) is 29.3. The van der Waals surface area contributed by atoms with Crippen molar-refractivity contribution in [1.29, 1.82) is 0 Å². The predicted molar refractivity (Wildman–Crippen MR) is 196 cm³/mol. The minimum atomic E-state index is -0.321. The summed E-state index contributed by atoms with van der Waals surface area (Å²) < 4.78 is 40.1. The van der Waals surface area contributed by atoms with Gasteiger partial charge in [-0.05, 0) is 99.3 Å². The van der Waals surface area contributed by atoms with E-state index in [-0.39, 0.29) is 41.4 Å². The molecule has 2 saturated carbocycles. The Morgan fingerprint density at radius 3 is 2.40 bits per heavy atom. The number of para-hydroxylation sites is 1. The van der Waals surface area contributed by atoms with Crippen LogP contribution in [0.1, 0.15) is 99.9 Å². The molecule has 3 unspecified atom stereocenters. The average Bonchev–Trinajstić information content (AvgIpc) is 3.59. The largest absolute Gasteiger partial charge is 0.451 e. The second-order valence-corrected chi connectivity index (χ2v) is 15.5. The van der Waals surface area contributed by atoms with Gasteiger partial charge in [0.05, 0.1) is 16.9 Å². The van der Waals surface area contributed by atoms with Crippen molar-refractivity contribution in [1.82, 2.24) is 4.90 Å². The second-order valence-electron chi connectivity index (χ2n) is 15.1. The van der Waals surface area contributed by atoms with Crippen LogP contribution in [-0.4, -0.2) is 49.3 Å². The minimum Gasteiger partial charge on any atom is -0.451 e. The van der Waals surface area contributed by atoms with Crippen molar-refractivity contribution in [3.8, 4) is 11.5 Å². The molecule has 0 aromatic heterocycles.